The Bertz CT molecular complexity index is 978. The van der Waals surface area contributed by atoms with Crippen LogP contribution in [0.25, 0.3) is 10.1 Å². The summed E-state index contributed by atoms with van der Waals surface area (Å²) in [5.74, 6) is -0.288. The molecule has 168 valence electrons. The van der Waals surface area contributed by atoms with Gasteiger partial charge in [0.25, 0.3) is 5.91 Å². The predicted molar refractivity (Wildman–Crippen MR) is 122 cm³/mol. The number of carbonyl (C=O) groups excluding carboxylic acids is 3. The van der Waals surface area contributed by atoms with Gasteiger partial charge in [-0.2, -0.15) is 0 Å². The van der Waals surface area contributed by atoms with E-state index in [-0.39, 0.29) is 31.1 Å². The molecule has 0 atom stereocenters. The predicted octanol–water partition coefficient (Wildman–Crippen LogP) is 4.51. The molecule has 31 heavy (non-hydrogen) atoms. The highest BCUT2D eigenvalue weighted by atomic mass is 32.1. The first kappa shape index (κ1) is 23.1. The number of amides is 2. The Balaban J connectivity index is 1.89. The van der Waals surface area contributed by atoms with Gasteiger partial charge in [0.05, 0.1) is 11.3 Å². The number of nitrogens with one attached hydrogen (secondary N) is 1. The van der Waals surface area contributed by atoms with E-state index >= 15 is 0 Å². The summed E-state index contributed by atoms with van der Waals surface area (Å²) >= 11 is 1.25. The summed E-state index contributed by atoms with van der Waals surface area (Å²) in [5, 5.41) is 3.78. The van der Waals surface area contributed by atoms with Crippen LogP contribution < -0.4 is 10.1 Å². The molecule has 1 aliphatic carbocycles. The summed E-state index contributed by atoms with van der Waals surface area (Å²) in [6, 6.07) is 3.94. The number of esters is 1. The topological polar surface area (TPSA) is 84.9 Å². The van der Waals surface area contributed by atoms with Crippen LogP contribution in [0, 0.1) is 6.92 Å². The van der Waals surface area contributed by atoms with Crippen LogP contribution in [0.3, 0.4) is 0 Å². The number of hydrogen-bond donors (Lipinski definition) is 1. The molecule has 2 amide bonds. The van der Waals surface area contributed by atoms with E-state index in [9.17, 15) is 14.4 Å². The van der Waals surface area contributed by atoms with Gasteiger partial charge in [0.1, 0.15) is 16.3 Å². The average Bonchev–Trinajstić information content (AvgIpc) is 3.10. The number of likely N-dealkylation sites (N-methyl/N-ethyl adjacent to an activating group) is 1. The van der Waals surface area contributed by atoms with Crippen molar-refractivity contribution in [2.24, 2.45) is 0 Å². The van der Waals surface area contributed by atoms with E-state index in [1.807, 2.05) is 26.1 Å². The minimum absolute atomic E-state index is 0.0624. The molecule has 8 heteroatoms. The van der Waals surface area contributed by atoms with E-state index in [4.69, 9.17) is 9.47 Å². The van der Waals surface area contributed by atoms with Crippen LogP contribution in [0.1, 0.15) is 61.9 Å². The van der Waals surface area contributed by atoms with Gasteiger partial charge >= 0.3 is 5.97 Å². The van der Waals surface area contributed by atoms with Crippen molar-refractivity contribution in [2.75, 3.05) is 25.6 Å². The van der Waals surface area contributed by atoms with E-state index in [1.165, 1.54) is 24.7 Å². The van der Waals surface area contributed by atoms with Crippen molar-refractivity contribution in [3.05, 3.63) is 23.3 Å². The van der Waals surface area contributed by atoms with Crippen molar-refractivity contribution >= 4 is 44.2 Å². The zero-order valence-corrected chi connectivity index (χ0v) is 19.4. The average molecular weight is 447 g/mol. The number of hydrogen-bond acceptors (Lipinski definition) is 6. The normalized spacial score (nSPS) is 14.3. The Morgan fingerprint density at radius 3 is 2.55 bits per heavy atom. The molecule has 7 nitrogen and oxygen atoms in total. The maximum atomic E-state index is 12.7. The molecule has 1 aliphatic rings. The summed E-state index contributed by atoms with van der Waals surface area (Å²) in [6.45, 7) is 5.17. The summed E-state index contributed by atoms with van der Waals surface area (Å²) in [5.41, 5.74) is 1.17. The summed E-state index contributed by atoms with van der Waals surface area (Å²) < 4.78 is 11.9. The van der Waals surface area contributed by atoms with Gasteiger partial charge in [-0.05, 0) is 32.3 Å². The van der Waals surface area contributed by atoms with Gasteiger partial charge in [-0.25, -0.2) is 4.79 Å². The molecule has 1 fully saturated rings. The van der Waals surface area contributed by atoms with Crippen LogP contribution in [0.2, 0.25) is 0 Å². The molecule has 1 heterocycles. The van der Waals surface area contributed by atoms with Crippen molar-refractivity contribution in [1.82, 2.24) is 4.90 Å². The molecular weight excluding hydrogens is 416 g/mol. The van der Waals surface area contributed by atoms with E-state index < -0.39 is 5.97 Å². The van der Waals surface area contributed by atoms with Crippen molar-refractivity contribution in [3.63, 3.8) is 0 Å². The van der Waals surface area contributed by atoms with Gasteiger partial charge in [-0.1, -0.05) is 31.4 Å². The van der Waals surface area contributed by atoms with Crippen LogP contribution in [0.15, 0.2) is 12.1 Å². The van der Waals surface area contributed by atoms with Gasteiger partial charge in [0.15, 0.2) is 6.61 Å². The van der Waals surface area contributed by atoms with Crippen molar-refractivity contribution in [1.29, 1.82) is 0 Å². The highest BCUT2D eigenvalue weighted by molar-refractivity contribution is 7.24. The number of anilines is 1. The number of benzene rings is 1. The Kier molecular flexibility index (Phi) is 7.54. The zero-order valence-electron chi connectivity index (χ0n) is 18.6. The van der Waals surface area contributed by atoms with Gasteiger partial charge < -0.3 is 19.7 Å². The Morgan fingerprint density at radius 2 is 1.90 bits per heavy atom. The van der Waals surface area contributed by atoms with Crippen LogP contribution in [-0.4, -0.2) is 49.0 Å². The van der Waals surface area contributed by atoms with Crippen molar-refractivity contribution in [3.8, 4) is 5.75 Å². The Labute approximate surface area is 186 Å². The fourth-order valence-corrected chi connectivity index (χ4v) is 5.26. The SMILES string of the molecule is CCOC(=O)c1c(NC(C)=O)sc2c(OCC(=O)N(C)C3CCCCC3)c(C)ccc12. The van der Waals surface area contributed by atoms with Crippen LogP contribution in [0.5, 0.6) is 5.75 Å². The molecule has 0 radical (unpaired) electrons. The molecule has 1 saturated carbocycles. The zero-order chi connectivity index (χ0) is 22.5. The molecule has 1 N–H and O–H groups in total. The molecule has 0 unspecified atom stereocenters. The minimum atomic E-state index is -0.500. The number of carbonyl (C=O) groups is 3. The summed E-state index contributed by atoms with van der Waals surface area (Å²) in [6.07, 6.45) is 5.60. The lowest BCUT2D eigenvalue weighted by Gasteiger charge is -2.31. The molecule has 1 aromatic carbocycles. The van der Waals surface area contributed by atoms with E-state index in [1.54, 1.807) is 11.8 Å². The number of rotatable bonds is 7. The number of nitrogens with zero attached hydrogens (tertiary/aromatic N) is 1. The maximum Gasteiger partial charge on any atom is 0.341 e. The monoisotopic (exact) mass is 446 g/mol. The first-order valence-electron chi connectivity index (χ1n) is 10.7. The van der Waals surface area contributed by atoms with Crippen LogP contribution >= 0.6 is 11.3 Å². The van der Waals surface area contributed by atoms with Gasteiger partial charge in [-0.15, -0.1) is 11.3 Å². The second-order valence-corrected chi connectivity index (χ2v) is 8.90. The van der Waals surface area contributed by atoms with E-state index in [0.717, 1.165) is 31.2 Å². The van der Waals surface area contributed by atoms with Crippen LogP contribution in [-0.2, 0) is 14.3 Å². The number of ether oxygens (including phenoxy) is 2. The van der Waals surface area contributed by atoms with Crippen LogP contribution in [0.4, 0.5) is 5.00 Å². The van der Waals surface area contributed by atoms with Gasteiger partial charge in [0.2, 0.25) is 5.91 Å². The Hall–Kier alpha value is -2.61. The third-order valence-corrected chi connectivity index (χ3v) is 6.75. The largest absolute Gasteiger partial charge is 0.482 e. The first-order valence-corrected chi connectivity index (χ1v) is 11.5. The second kappa shape index (κ2) is 10.1. The van der Waals surface area contributed by atoms with Gasteiger partial charge in [-0.3, -0.25) is 9.59 Å². The standard InChI is InChI=1S/C23H30N2O5S/c1-5-29-23(28)19-17-12-11-14(2)20(21(17)31-22(19)24-15(3)26)30-13-18(27)25(4)16-9-7-6-8-10-16/h11-12,16H,5-10,13H2,1-4H3,(H,24,26). The second-order valence-electron chi connectivity index (χ2n) is 7.88. The van der Waals surface area contributed by atoms with Crippen molar-refractivity contribution < 1.29 is 23.9 Å². The third kappa shape index (κ3) is 5.18. The maximum absolute atomic E-state index is 12.7. The molecule has 0 spiro atoms. The van der Waals surface area contributed by atoms with E-state index in [0.29, 0.717) is 26.4 Å². The molecule has 3 rings (SSSR count). The number of fused-ring (bicyclic) bond motifs is 1. The molecular formula is C23H30N2O5S. The van der Waals surface area contributed by atoms with Crippen molar-refractivity contribution in [2.45, 2.75) is 58.9 Å². The highest BCUT2D eigenvalue weighted by Gasteiger charge is 2.26. The summed E-state index contributed by atoms with van der Waals surface area (Å²) in [4.78, 5) is 38.8. The molecule has 1 aromatic heterocycles. The lowest BCUT2D eigenvalue weighted by atomic mass is 9.94. The molecule has 2 aromatic rings. The third-order valence-electron chi connectivity index (χ3n) is 5.63. The smallest absolute Gasteiger partial charge is 0.341 e. The lowest BCUT2D eigenvalue weighted by molar-refractivity contribution is -0.134. The molecule has 0 saturated heterocycles. The highest BCUT2D eigenvalue weighted by Crippen LogP contribution is 2.43. The first-order chi connectivity index (χ1) is 14.8. The van der Waals surface area contributed by atoms with E-state index in [2.05, 4.69) is 5.32 Å². The molecule has 0 bridgehead atoms. The Morgan fingerprint density at radius 1 is 1.19 bits per heavy atom. The molecule has 0 aliphatic heterocycles. The lowest BCUT2D eigenvalue weighted by Crippen LogP contribution is -2.40. The minimum Gasteiger partial charge on any atom is -0.482 e. The fourth-order valence-electron chi connectivity index (χ4n) is 3.98. The summed E-state index contributed by atoms with van der Waals surface area (Å²) in [7, 11) is 1.84. The number of thiophene rings is 1. The van der Waals surface area contributed by atoms with Gasteiger partial charge in [0, 0.05) is 25.4 Å². The number of aryl methyl sites for hydroxylation is 1. The fraction of sp³-hybridized carbons (Fsp3) is 0.522. The quantitative estimate of drug-likeness (QED) is 0.633.